The predicted molar refractivity (Wildman–Crippen MR) is 75.9 cm³/mol. The number of hydrogen-bond donors (Lipinski definition) is 1. The van der Waals surface area contributed by atoms with Crippen molar-refractivity contribution in [2.75, 3.05) is 18.0 Å². The lowest BCUT2D eigenvalue weighted by atomic mass is 10.1. The molecule has 0 aliphatic carbocycles. The molecule has 0 saturated heterocycles. The van der Waals surface area contributed by atoms with Gasteiger partial charge in [-0.2, -0.15) is 0 Å². The molecule has 0 heterocycles. The van der Waals surface area contributed by atoms with E-state index in [0.717, 1.165) is 32.0 Å². The van der Waals surface area contributed by atoms with Crippen LogP contribution >= 0.6 is 0 Å². The number of para-hydroxylation sites is 1. The van der Waals surface area contributed by atoms with Gasteiger partial charge in [-0.1, -0.05) is 26.0 Å². The van der Waals surface area contributed by atoms with E-state index in [1.165, 1.54) is 12.1 Å². The molecule has 19 heavy (non-hydrogen) atoms. The first-order chi connectivity index (χ1) is 9.10. The Bertz CT molecular complexity index is 451. The SMILES string of the molecule is CCCN(CCC)c1c(F)cccc1/C=C/C(=O)O. The van der Waals surface area contributed by atoms with Gasteiger partial charge in [0, 0.05) is 24.7 Å². The lowest BCUT2D eigenvalue weighted by Crippen LogP contribution is -2.26. The summed E-state index contributed by atoms with van der Waals surface area (Å²) >= 11 is 0. The molecule has 0 aromatic heterocycles. The average molecular weight is 265 g/mol. The van der Waals surface area contributed by atoms with Crippen LogP contribution in [0.5, 0.6) is 0 Å². The Balaban J connectivity index is 3.17. The lowest BCUT2D eigenvalue weighted by Gasteiger charge is -2.26. The molecule has 0 aliphatic rings. The van der Waals surface area contributed by atoms with Crippen LogP contribution in [0.4, 0.5) is 10.1 Å². The van der Waals surface area contributed by atoms with E-state index in [4.69, 9.17) is 5.11 Å². The molecular weight excluding hydrogens is 245 g/mol. The first-order valence-corrected chi connectivity index (χ1v) is 6.54. The van der Waals surface area contributed by atoms with Crippen molar-refractivity contribution in [3.05, 3.63) is 35.7 Å². The van der Waals surface area contributed by atoms with Crippen LogP contribution in [-0.2, 0) is 4.79 Å². The maximum absolute atomic E-state index is 14.0. The maximum Gasteiger partial charge on any atom is 0.328 e. The Morgan fingerprint density at radius 1 is 1.32 bits per heavy atom. The van der Waals surface area contributed by atoms with Crippen molar-refractivity contribution in [1.29, 1.82) is 0 Å². The van der Waals surface area contributed by atoms with E-state index in [2.05, 4.69) is 0 Å². The van der Waals surface area contributed by atoms with E-state index < -0.39 is 5.97 Å². The maximum atomic E-state index is 14.0. The van der Waals surface area contributed by atoms with E-state index in [0.29, 0.717) is 11.3 Å². The molecule has 0 unspecified atom stereocenters. The van der Waals surface area contributed by atoms with Gasteiger partial charge in [0.05, 0.1) is 5.69 Å². The first kappa shape index (κ1) is 15.2. The smallest absolute Gasteiger partial charge is 0.328 e. The highest BCUT2D eigenvalue weighted by Gasteiger charge is 2.13. The molecule has 3 nitrogen and oxygen atoms in total. The molecule has 0 fully saturated rings. The zero-order valence-corrected chi connectivity index (χ0v) is 11.4. The largest absolute Gasteiger partial charge is 0.478 e. The third kappa shape index (κ3) is 4.39. The van der Waals surface area contributed by atoms with Crippen molar-refractivity contribution in [3.8, 4) is 0 Å². The predicted octanol–water partition coefficient (Wildman–Crippen LogP) is 3.55. The van der Waals surface area contributed by atoms with Gasteiger partial charge in [0.25, 0.3) is 0 Å². The molecule has 1 N–H and O–H groups in total. The zero-order valence-electron chi connectivity index (χ0n) is 11.4. The fraction of sp³-hybridized carbons (Fsp3) is 0.400. The number of anilines is 1. The number of rotatable bonds is 7. The fourth-order valence-corrected chi connectivity index (χ4v) is 2.04. The van der Waals surface area contributed by atoms with E-state index in [1.807, 2.05) is 18.7 Å². The summed E-state index contributed by atoms with van der Waals surface area (Å²) in [4.78, 5) is 12.6. The van der Waals surface area contributed by atoms with Crippen molar-refractivity contribution in [2.24, 2.45) is 0 Å². The van der Waals surface area contributed by atoms with E-state index >= 15 is 0 Å². The molecule has 0 spiro atoms. The Hall–Kier alpha value is -1.84. The Morgan fingerprint density at radius 2 is 1.95 bits per heavy atom. The van der Waals surface area contributed by atoms with Crippen LogP contribution in [0.25, 0.3) is 6.08 Å². The van der Waals surface area contributed by atoms with Gasteiger partial charge in [-0.05, 0) is 25.0 Å². The number of halogens is 1. The van der Waals surface area contributed by atoms with E-state index in [-0.39, 0.29) is 5.82 Å². The van der Waals surface area contributed by atoms with Crippen molar-refractivity contribution >= 4 is 17.7 Å². The van der Waals surface area contributed by atoms with Crippen molar-refractivity contribution in [1.82, 2.24) is 0 Å². The third-order valence-electron chi connectivity index (χ3n) is 2.73. The zero-order chi connectivity index (χ0) is 14.3. The molecule has 1 aromatic rings. The summed E-state index contributed by atoms with van der Waals surface area (Å²) in [5, 5.41) is 8.69. The molecule has 0 aliphatic heterocycles. The van der Waals surface area contributed by atoms with Crippen LogP contribution in [-0.4, -0.2) is 24.2 Å². The Labute approximate surface area is 113 Å². The van der Waals surface area contributed by atoms with Gasteiger partial charge in [0.2, 0.25) is 0 Å². The van der Waals surface area contributed by atoms with Crippen molar-refractivity contribution < 1.29 is 14.3 Å². The number of carboxylic acid groups (broad SMARTS) is 1. The molecule has 1 aromatic carbocycles. The van der Waals surface area contributed by atoms with Crippen molar-refractivity contribution in [2.45, 2.75) is 26.7 Å². The molecule has 0 atom stereocenters. The summed E-state index contributed by atoms with van der Waals surface area (Å²) in [6.07, 6.45) is 4.31. The number of carbonyl (C=O) groups is 1. The van der Waals surface area contributed by atoms with Gasteiger partial charge in [0.1, 0.15) is 5.82 Å². The molecule has 0 radical (unpaired) electrons. The third-order valence-corrected chi connectivity index (χ3v) is 2.73. The second-order valence-electron chi connectivity index (χ2n) is 4.34. The van der Waals surface area contributed by atoms with Crippen molar-refractivity contribution in [3.63, 3.8) is 0 Å². The molecule has 0 amide bonds. The number of aliphatic carboxylic acids is 1. The molecule has 4 heteroatoms. The molecule has 0 saturated carbocycles. The summed E-state index contributed by atoms with van der Waals surface area (Å²) < 4.78 is 14.0. The van der Waals surface area contributed by atoms with Gasteiger partial charge < -0.3 is 10.0 Å². The standard InChI is InChI=1S/C15H20FNO2/c1-3-10-17(11-4-2)15-12(8-9-14(18)19)6-5-7-13(15)16/h5-9H,3-4,10-11H2,1-2H3,(H,18,19)/b9-8+. The normalized spacial score (nSPS) is 10.9. The second kappa shape index (κ2) is 7.56. The molecule has 0 bridgehead atoms. The van der Waals surface area contributed by atoms with Gasteiger partial charge in [0.15, 0.2) is 0 Å². The van der Waals surface area contributed by atoms with Crippen LogP contribution in [0, 0.1) is 5.82 Å². The monoisotopic (exact) mass is 265 g/mol. The minimum absolute atomic E-state index is 0.311. The fourth-order valence-electron chi connectivity index (χ4n) is 2.04. The summed E-state index contributed by atoms with van der Waals surface area (Å²) in [7, 11) is 0. The van der Waals surface area contributed by atoms with Gasteiger partial charge in [-0.3, -0.25) is 0 Å². The lowest BCUT2D eigenvalue weighted by molar-refractivity contribution is -0.131. The minimum atomic E-state index is -1.03. The first-order valence-electron chi connectivity index (χ1n) is 6.54. The highest BCUT2D eigenvalue weighted by Crippen LogP contribution is 2.26. The molecular formula is C15H20FNO2. The van der Waals surface area contributed by atoms with E-state index in [9.17, 15) is 9.18 Å². The molecule has 104 valence electrons. The minimum Gasteiger partial charge on any atom is -0.478 e. The highest BCUT2D eigenvalue weighted by molar-refractivity contribution is 5.87. The average Bonchev–Trinajstić information content (AvgIpc) is 2.36. The van der Waals surface area contributed by atoms with Crippen LogP contribution < -0.4 is 4.90 Å². The van der Waals surface area contributed by atoms with Crippen LogP contribution in [0.15, 0.2) is 24.3 Å². The quantitative estimate of drug-likeness (QED) is 0.766. The van der Waals surface area contributed by atoms with Crippen LogP contribution in [0.3, 0.4) is 0 Å². The van der Waals surface area contributed by atoms with Gasteiger partial charge in [-0.15, -0.1) is 0 Å². The van der Waals surface area contributed by atoms with Gasteiger partial charge in [-0.25, -0.2) is 9.18 Å². The second-order valence-corrected chi connectivity index (χ2v) is 4.34. The van der Waals surface area contributed by atoms with E-state index in [1.54, 1.807) is 12.1 Å². The summed E-state index contributed by atoms with van der Waals surface area (Å²) in [6.45, 7) is 5.58. The number of nitrogens with zero attached hydrogens (tertiary/aromatic N) is 1. The Kier molecular flexibility index (Phi) is 6.06. The summed E-state index contributed by atoms with van der Waals surface area (Å²) in [5.74, 6) is -1.35. The number of hydrogen-bond acceptors (Lipinski definition) is 2. The molecule has 1 rings (SSSR count). The van der Waals surface area contributed by atoms with Crippen LogP contribution in [0.1, 0.15) is 32.3 Å². The Morgan fingerprint density at radius 3 is 2.47 bits per heavy atom. The van der Waals surface area contributed by atoms with Gasteiger partial charge >= 0.3 is 5.97 Å². The van der Waals surface area contributed by atoms with Crippen LogP contribution in [0.2, 0.25) is 0 Å². The summed E-state index contributed by atoms with van der Waals surface area (Å²) in [5.41, 5.74) is 1.09. The number of benzene rings is 1. The number of carboxylic acids is 1. The summed E-state index contributed by atoms with van der Waals surface area (Å²) in [6, 6.07) is 4.73. The highest BCUT2D eigenvalue weighted by atomic mass is 19.1. The topological polar surface area (TPSA) is 40.5 Å².